The van der Waals surface area contributed by atoms with E-state index in [2.05, 4.69) is 32.8 Å². The molecule has 130 valence electrons. The van der Waals surface area contributed by atoms with Crippen LogP contribution >= 0.6 is 0 Å². The van der Waals surface area contributed by atoms with Crippen molar-refractivity contribution in [3.05, 3.63) is 0 Å². The minimum Gasteiger partial charge on any atom is -0.306 e. The fourth-order valence-corrected chi connectivity index (χ4v) is 2.26. The number of hydrogen-bond acceptors (Lipinski definition) is 3. The summed E-state index contributed by atoms with van der Waals surface area (Å²) < 4.78 is 31.6. The minimum absolute atomic E-state index is 0.825. The maximum atomic E-state index is 8.74. The molecule has 0 aliphatic carbocycles. The highest BCUT2D eigenvalue weighted by atomic mass is 32.3. The van der Waals surface area contributed by atoms with Crippen LogP contribution in [0.3, 0.4) is 0 Å². The Morgan fingerprint density at radius 3 is 1.62 bits per heavy atom. The van der Waals surface area contributed by atoms with Crippen molar-refractivity contribution < 1.29 is 17.5 Å². The van der Waals surface area contributed by atoms with Crippen molar-refractivity contribution in [2.24, 2.45) is 0 Å². The third-order valence-corrected chi connectivity index (χ3v) is 3.51. The molecule has 0 bridgehead atoms. The molecule has 0 heterocycles. The average Bonchev–Trinajstić information content (AvgIpc) is 2.34. The number of nitrogens with zero attached hydrogens (tertiary/aromatic N) is 1. The van der Waals surface area contributed by atoms with Crippen molar-refractivity contribution in [2.45, 2.75) is 84.1 Å². The van der Waals surface area contributed by atoms with E-state index in [1.54, 1.807) is 0 Å². The predicted octanol–water partition coefficient (Wildman–Crippen LogP) is 4.20. The Labute approximate surface area is 131 Å². The summed E-state index contributed by atoms with van der Waals surface area (Å²) in [6, 6.07) is 0.825. The summed E-state index contributed by atoms with van der Waals surface area (Å²) >= 11 is 0. The molecule has 5 nitrogen and oxygen atoms in total. The first-order chi connectivity index (χ1) is 9.72. The van der Waals surface area contributed by atoms with Gasteiger partial charge in [-0.2, -0.15) is 8.42 Å². The number of unbranched alkanes of at least 4 members (excludes halogenated alkanes) is 6. The molecule has 0 aliphatic heterocycles. The second-order valence-electron chi connectivity index (χ2n) is 5.76. The van der Waals surface area contributed by atoms with E-state index in [0.29, 0.717) is 0 Å². The van der Waals surface area contributed by atoms with Gasteiger partial charge in [-0.1, -0.05) is 65.2 Å². The van der Waals surface area contributed by atoms with Gasteiger partial charge in [-0.15, -0.1) is 0 Å². The summed E-state index contributed by atoms with van der Waals surface area (Å²) in [5.74, 6) is 0. The summed E-state index contributed by atoms with van der Waals surface area (Å²) in [5.41, 5.74) is 0. The smallest absolute Gasteiger partial charge is 0.306 e. The lowest BCUT2D eigenvalue weighted by atomic mass is 10.0. The van der Waals surface area contributed by atoms with E-state index in [9.17, 15) is 0 Å². The minimum atomic E-state index is -4.67. The Morgan fingerprint density at radius 2 is 1.19 bits per heavy atom. The molecule has 0 aromatic carbocycles. The van der Waals surface area contributed by atoms with Gasteiger partial charge in [0.2, 0.25) is 0 Å². The highest BCUT2D eigenvalue weighted by molar-refractivity contribution is 7.79. The molecule has 2 N–H and O–H groups in total. The summed E-state index contributed by atoms with van der Waals surface area (Å²) in [6.07, 6.45) is 14.0. The first kappa shape index (κ1) is 23.1. The van der Waals surface area contributed by atoms with Gasteiger partial charge >= 0.3 is 10.4 Å². The first-order valence-electron chi connectivity index (χ1n) is 8.08. The molecule has 0 aliphatic rings. The van der Waals surface area contributed by atoms with E-state index in [4.69, 9.17) is 17.5 Å². The molecule has 0 fully saturated rings. The van der Waals surface area contributed by atoms with E-state index in [0.717, 1.165) is 6.04 Å². The van der Waals surface area contributed by atoms with E-state index in [1.165, 1.54) is 64.2 Å². The van der Waals surface area contributed by atoms with Crippen LogP contribution in [0.25, 0.3) is 0 Å². The fourth-order valence-electron chi connectivity index (χ4n) is 2.26. The van der Waals surface area contributed by atoms with Crippen LogP contribution in [0.4, 0.5) is 0 Å². The standard InChI is InChI=1S/C15H33N.H2O4S/c1-5-7-9-10-11-12-14-15(16(3)4)13-8-6-2;1-5(2,3)4/h15H,5-14H2,1-4H3;(H2,1,2,3,4). The van der Waals surface area contributed by atoms with Crippen molar-refractivity contribution >= 4 is 10.4 Å². The molecule has 6 heteroatoms. The maximum Gasteiger partial charge on any atom is 0.394 e. The SMILES string of the molecule is CCCCCCCCC(CCCC)N(C)C.O=S(=O)(O)O. The molecule has 0 saturated carbocycles. The summed E-state index contributed by atoms with van der Waals surface area (Å²) in [7, 11) is -0.200. The molecule has 0 amide bonds. The monoisotopic (exact) mass is 325 g/mol. The molecule has 0 aromatic heterocycles. The van der Waals surface area contributed by atoms with E-state index < -0.39 is 10.4 Å². The molecule has 0 aromatic rings. The Hall–Kier alpha value is -0.170. The van der Waals surface area contributed by atoms with Gasteiger partial charge in [-0.05, 0) is 26.9 Å². The fraction of sp³-hybridized carbons (Fsp3) is 1.00. The lowest BCUT2D eigenvalue weighted by Gasteiger charge is -2.24. The van der Waals surface area contributed by atoms with Crippen LogP contribution in [0.15, 0.2) is 0 Å². The zero-order chi connectivity index (χ0) is 16.7. The largest absolute Gasteiger partial charge is 0.394 e. The molecular weight excluding hydrogens is 290 g/mol. The predicted molar refractivity (Wildman–Crippen MR) is 89.2 cm³/mol. The van der Waals surface area contributed by atoms with E-state index in [1.807, 2.05) is 0 Å². The second kappa shape index (κ2) is 14.8. The summed E-state index contributed by atoms with van der Waals surface area (Å²) in [5, 5.41) is 0. The topological polar surface area (TPSA) is 77.8 Å². The van der Waals surface area contributed by atoms with E-state index >= 15 is 0 Å². The highest BCUT2D eigenvalue weighted by Gasteiger charge is 2.09. The van der Waals surface area contributed by atoms with Gasteiger partial charge in [0.25, 0.3) is 0 Å². The number of hydrogen-bond donors (Lipinski definition) is 2. The van der Waals surface area contributed by atoms with Gasteiger partial charge in [0, 0.05) is 6.04 Å². The third-order valence-electron chi connectivity index (χ3n) is 3.51. The van der Waals surface area contributed by atoms with Gasteiger partial charge < -0.3 is 4.90 Å². The van der Waals surface area contributed by atoms with Crippen molar-refractivity contribution in [1.82, 2.24) is 4.90 Å². The zero-order valence-electron chi connectivity index (χ0n) is 14.2. The lowest BCUT2D eigenvalue weighted by molar-refractivity contribution is 0.253. The Morgan fingerprint density at radius 1 is 0.810 bits per heavy atom. The molecule has 0 spiro atoms. The van der Waals surface area contributed by atoms with Crippen LogP contribution in [-0.4, -0.2) is 42.6 Å². The maximum absolute atomic E-state index is 8.74. The van der Waals surface area contributed by atoms with Crippen molar-refractivity contribution in [2.75, 3.05) is 14.1 Å². The van der Waals surface area contributed by atoms with Crippen LogP contribution in [-0.2, 0) is 10.4 Å². The third kappa shape index (κ3) is 25.2. The zero-order valence-corrected chi connectivity index (χ0v) is 15.0. The van der Waals surface area contributed by atoms with Gasteiger partial charge in [0.05, 0.1) is 0 Å². The molecular formula is C15H35NO4S. The Kier molecular flexibility index (Phi) is 16.2. The molecule has 0 radical (unpaired) electrons. The summed E-state index contributed by atoms with van der Waals surface area (Å²) in [4.78, 5) is 2.42. The highest BCUT2D eigenvalue weighted by Crippen LogP contribution is 2.15. The van der Waals surface area contributed by atoms with Gasteiger partial charge in [-0.25, -0.2) is 0 Å². The molecule has 21 heavy (non-hydrogen) atoms. The normalized spacial score (nSPS) is 12.9. The van der Waals surface area contributed by atoms with Crippen molar-refractivity contribution in [1.29, 1.82) is 0 Å². The molecule has 1 atom stereocenters. The van der Waals surface area contributed by atoms with Crippen LogP contribution in [0.5, 0.6) is 0 Å². The van der Waals surface area contributed by atoms with Crippen LogP contribution in [0.2, 0.25) is 0 Å². The van der Waals surface area contributed by atoms with Crippen molar-refractivity contribution in [3.63, 3.8) is 0 Å². The van der Waals surface area contributed by atoms with Gasteiger partial charge in [0.1, 0.15) is 0 Å². The number of rotatable bonds is 11. The van der Waals surface area contributed by atoms with E-state index in [-0.39, 0.29) is 0 Å². The van der Waals surface area contributed by atoms with Crippen molar-refractivity contribution in [3.8, 4) is 0 Å². The Bertz CT molecular complexity index is 297. The van der Waals surface area contributed by atoms with Gasteiger partial charge in [-0.3, -0.25) is 9.11 Å². The quantitative estimate of drug-likeness (QED) is 0.439. The van der Waals surface area contributed by atoms with Crippen LogP contribution < -0.4 is 0 Å². The Balaban J connectivity index is 0. The average molecular weight is 326 g/mol. The molecule has 0 rings (SSSR count). The van der Waals surface area contributed by atoms with Crippen LogP contribution in [0.1, 0.15) is 78.1 Å². The first-order valence-corrected chi connectivity index (χ1v) is 9.48. The lowest BCUT2D eigenvalue weighted by Crippen LogP contribution is -2.27. The molecule has 1 unspecified atom stereocenters. The molecule has 0 saturated heterocycles. The van der Waals surface area contributed by atoms with Crippen LogP contribution in [0, 0.1) is 0 Å². The summed E-state index contributed by atoms with van der Waals surface area (Å²) in [6.45, 7) is 4.57. The van der Waals surface area contributed by atoms with Gasteiger partial charge in [0.15, 0.2) is 0 Å². The second-order valence-corrected chi connectivity index (χ2v) is 6.66.